The highest BCUT2D eigenvalue weighted by Crippen LogP contribution is 2.27. The molecule has 1 saturated heterocycles. The number of hydrogen-bond acceptors (Lipinski definition) is 2. The van der Waals surface area contributed by atoms with Crippen molar-refractivity contribution in [2.24, 2.45) is 11.8 Å². The van der Waals surface area contributed by atoms with E-state index in [2.05, 4.69) is 19.2 Å². The fraction of sp³-hybridized carbons (Fsp3) is 1.00. The zero-order valence-corrected chi connectivity index (χ0v) is 9.46. The van der Waals surface area contributed by atoms with Gasteiger partial charge in [-0.05, 0) is 24.7 Å². The van der Waals surface area contributed by atoms with Crippen molar-refractivity contribution in [3.63, 3.8) is 0 Å². The topological polar surface area (TPSA) is 21.3 Å². The summed E-state index contributed by atoms with van der Waals surface area (Å²) in [5.41, 5.74) is 0. The summed E-state index contributed by atoms with van der Waals surface area (Å²) in [6.45, 7) is 6.54. The third-order valence-electron chi connectivity index (χ3n) is 3.76. The summed E-state index contributed by atoms with van der Waals surface area (Å²) >= 11 is 0. The highest BCUT2D eigenvalue weighted by Gasteiger charge is 2.30. The first-order valence-corrected chi connectivity index (χ1v) is 6.12. The molecule has 1 heterocycles. The van der Waals surface area contributed by atoms with Crippen molar-refractivity contribution < 1.29 is 4.74 Å². The predicted octanol–water partition coefficient (Wildman–Crippen LogP) is 2.19. The molecule has 82 valence electrons. The maximum atomic E-state index is 5.97. The lowest BCUT2D eigenvalue weighted by Crippen LogP contribution is -2.40. The second-order valence-electron chi connectivity index (χ2n) is 5.18. The van der Waals surface area contributed by atoms with Crippen LogP contribution < -0.4 is 5.32 Å². The van der Waals surface area contributed by atoms with Crippen LogP contribution in [0.2, 0.25) is 0 Å². The van der Waals surface area contributed by atoms with E-state index in [1.165, 1.54) is 25.7 Å². The summed E-state index contributed by atoms with van der Waals surface area (Å²) in [7, 11) is 0. The predicted molar refractivity (Wildman–Crippen MR) is 58.3 cm³/mol. The Hall–Kier alpha value is -0.0800. The van der Waals surface area contributed by atoms with Crippen molar-refractivity contribution in [2.45, 2.75) is 51.7 Å². The molecule has 0 amide bonds. The van der Waals surface area contributed by atoms with Gasteiger partial charge in [0.25, 0.3) is 0 Å². The highest BCUT2D eigenvalue weighted by atomic mass is 16.5. The molecule has 0 aromatic rings. The number of hydrogen-bond donors (Lipinski definition) is 1. The average molecular weight is 197 g/mol. The quantitative estimate of drug-likeness (QED) is 0.696. The van der Waals surface area contributed by atoms with E-state index in [-0.39, 0.29) is 0 Å². The van der Waals surface area contributed by atoms with Crippen LogP contribution in [0, 0.1) is 11.8 Å². The van der Waals surface area contributed by atoms with E-state index in [1.54, 1.807) is 0 Å². The minimum atomic E-state index is 0.431. The van der Waals surface area contributed by atoms with Crippen molar-refractivity contribution in [3.05, 3.63) is 0 Å². The molecule has 2 heteroatoms. The number of ether oxygens (including phenoxy) is 1. The Labute approximate surface area is 87.4 Å². The van der Waals surface area contributed by atoms with Gasteiger partial charge in [-0.15, -0.1) is 0 Å². The molecule has 2 nitrogen and oxygen atoms in total. The summed E-state index contributed by atoms with van der Waals surface area (Å²) in [5.74, 6) is 1.43. The molecule has 1 aliphatic heterocycles. The third-order valence-corrected chi connectivity index (χ3v) is 3.76. The Bertz CT molecular complexity index is 165. The lowest BCUT2D eigenvalue weighted by Gasteiger charge is -2.29. The van der Waals surface area contributed by atoms with Gasteiger partial charge in [0.05, 0.1) is 12.7 Å². The molecular weight excluding hydrogens is 174 g/mol. The fourth-order valence-corrected chi connectivity index (χ4v) is 2.68. The second kappa shape index (κ2) is 4.63. The molecule has 1 aliphatic carbocycles. The highest BCUT2D eigenvalue weighted by molar-refractivity contribution is 4.85. The summed E-state index contributed by atoms with van der Waals surface area (Å²) in [6.07, 6.45) is 5.96. The van der Waals surface area contributed by atoms with Crippen LogP contribution in [-0.2, 0) is 4.74 Å². The normalized spacial score (nSPS) is 39.2. The molecule has 0 radical (unpaired) electrons. The maximum absolute atomic E-state index is 5.97. The Balaban J connectivity index is 1.92. The number of nitrogens with one attached hydrogen (secondary N) is 1. The Morgan fingerprint density at radius 3 is 2.79 bits per heavy atom. The second-order valence-corrected chi connectivity index (χ2v) is 5.18. The minimum absolute atomic E-state index is 0.431. The molecule has 14 heavy (non-hydrogen) atoms. The first-order chi connectivity index (χ1) is 6.77. The van der Waals surface area contributed by atoms with E-state index >= 15 is 0 Å². The average Bonchev–Trinajstić information content (AvgIpc) is 2.39. The van der Waals surface area contributed by atoms with Gasteiger partial charge in [0, 0.05) is 12.6 Å². The summed E-state index contributed by atoms with van der Waals surface area (Å²) in [5, 5.41) is 3.69. The van der Waals surface area contributed by atoms with Gasteiger partial charge in [0.2, 0.25) is 0 Å². The first-order valence-electron chi connectivity index (χ1n) is 6.12. The van der Waals surface area contributed by atoms with Crippen LogP contribution in [0.1, 0.15) is 39.5 Å². The van der Waals surface area contributed by atoms with Crippen LogP contribution in [0.3, 0.4) is 0 Å². The molecule has 2 rings (SSSR count). The molecule has 0 bridgehead atoms. The fourth-order valence-electron chi connectivity index (χ4n) is 2.68. The molecular formula is C12H23NO. The van der Waals surface area contributed by atoms with Crippen LogP contribution in [0.25, 0.3) is 0 Å². The minimum Gasteiger partial charge on any atom is -0.376 e. The summed E-state index contributed by atoms with van der Waals surface area (Å²) in [6, 6.07) is 0.743. The monoisotopic (exact) mass is 197 g/mol. The molecule has 2 aliphatic rings. The van der Waals surface area contributed by atoms with Crippen LogP contribution in [-0.4, -0.2) is 25.3 Å². The zero-order valence-electron chi connectivity index (χ0n) is 9.46. The van der Waals surface area contributed by atoms with E-state index in [9.17, 15) is 0 Å². The van der Waals surface area contributed by atoms with Crippen LogP contribution in [0.4, 0.5) is 0 Å². The first kappa shape index (κ1) is 10.4. The van der Waals surface area contributed by atoms with Gasteiger partial charge in [-0.2, -0.15) is 0 Å². The van der Waals surface area contributed by atoms with E-state index in [1.807, 2.05) is 0 Å². The molecule has 0 spiro atoms. The summed E-state index contributed by atoms with van der Waals surface area (Å²) in [4.78, 5) is 0. The van der Waals surface area contributed by atoms with E-state index < -0.39 is 0 Å². The molecule has 2 fully saturated rings. The van der Waals surface area contributed by atoms with Crippen molar-refractivity contribution in [2.75, 3.05) is 13.2 Å². The number of rotatable bonds is 1. The third kappa shape index (κ3) is 2.29. The zero-order chi connectivity index (χ0) is 9.97. The van der Waals surface area contributed by atoms with Gasteiger partial charge in [0.15, 0.2) is 0 Å². The molecule has 0 aromatic heterocycles. The van der Waals surface area contributed by atoms with Crippen LogP contribution >= 0.6 is 0 Å². The van der Waals surface area contributed by atoms with Gasteiger partial charge in [-0.1, -0.05) is 26.7 Å². The Kier molecular flexibility index (Phi) is 3.45. The number of fused-ring (bicyclic) bond motifs is 1. The van der Waals surface area contributed by atoms with Crippen molar-refractivity contribution in [1.82, 2.24) is 5.32 Å². The van der Waals surface area contributed by atoms with Crippen molar-refractivity contribution in [3.8, 4) is 0 Å². The lowest BCUT2D eigenvalue weighted by molar-refractivity contribution is 0.0151. The summed E-state index contributed by atoms with van der Waals surface area (Å²) < 4.78 is 5.97. The van der Waals surface area contributed by atoms with Crippen LogP contribution in [0.5, 0.6) is 0 Å². The largest absolute Gasteiger partial charge is 0.376 e. The van der Waals surface area contributed by atoms with E-state index in [4.69, 9.17) is 4.74 Å². The standard InChI is InChI=1S/C12H23NO/c1-9(2)12-7-13-11-6-4-3-5-10(11)8-14-12/h9-13H,3-8H2,1-2H3. The van der Waals surface area contributed by atoms with Crippen LogP contribution in [0.15, 0.2) is 0 Å². The smallest absolute Gasteiger partial charge is 0.0722 e. The van der Waals surface area contributed by atoms with Gasteiger partial charge in [0.1, 0.15) is 0 Å². The molecule has 3 unspecified atom stereocenters. The van der Waals surface area contributed by atoms with E-state index in [0.717, 1.165) is 25.1 Å². The molecule has 0 aromatic carbocycles. The Morgan fingerprint density at radius 1 is 1.21 bits per heavy atom. The van der Waals surface area contributed by atoms with E-state index in [0.29, 0.717) is 12.0 Å². The van der Waals surface area contributed by atoms with Crippen molar-refractivity contribution in [1.29, 1.82) is 0 Å². The molecule has 1 saturated carbocycles. The SMILES string of the molecule is CC(C)C1CNC2CCCCC2CO1. The van der Waals surface area contributed by atoms with Gasteiger partial charge in [-0.3, -0.25) is 0 Å². The van der Waals surface area contributed by atoms with Crippen molar-refractivity contribution >= 4 is 0 Å². The maximum Gasteiger partial charge on any atom is 0.0722 e. The molecule has 1 N–H and O–H groups in total. The lowest BCUT2D eigenvalue weighted by atomic mass is 9.85. The molecule has 3 atom stereocenters. The van der Waals surface area contributed by atoms with Gasteiger partial charge < -0.3 is 10.1 Å². The van der Waals surface area contributed by atoms with Gasteiger partial charge >= 0.3 is 0 Å². The Morgan fingerprint density at radius 2 is 2.00 bits per heavy atom. The van der Waals surface area contributed by atoms with Gasteiger partial charge in [-0.25, -0.2) is 0 Å².